The predicted molar refractivity (Wildman–Crippen MR) is 110 cm³/mol. The summed E-state index contributed by atoms with van der Waals surface area (Å²) in [6.07, 6.45) is 3.41. The van der Waals surface area contributed by atoms with Gasteiger partial charge in [0.15, 0.2) is 0 Å². The molecule has 0 saturated carbocycles. The summed E-state index contributed by atoms with van der Waals surface area (Å²) in [6.45, 7) is 14.5. The van der Waals surface area contributed by atoms with Gasteiger partial charge in [-0.1, -0.05) is 84.1 Å². The van der Waals surface area contributed by atoms with E-state index in [1.165, 1.54) is 0 Å². The Morgan fingerprint density at radius 1 is 1.12 bits per heavy atom. The fourth-order valence-electron chi connectivity index (χ4n) is 2.73. The quantitative estimate of drug-likeness (QED) is 0.544. The van der Waals surface area contributed by atoms with E-state index < -0.39 is 5.66 Å². The standard InChI is InChI=1S/C21H28N2OS/c1-19(2,3)17-18(25)23(21(7,22-17)20(4,5)6)16(24)14-13-15-11-9-8-10-12-15/h8-14H,1-7H3/b14-13+. The highest BCUT2D eigenvalue weighted by atomic mass is 32.1. The van der Waals surface area contributed by atoms with Gasteiger partial charge in [0.05, 0.1) is 5.71 Å². The third-order valence-corrected chi connectivity index (χ3v) is 5.12. The topological polar surface area (TPSA) is 32.7 Å². The van der Waals surface area contributed by atoms with Crippen LogP contribution in [0, 0.1) is 10.8 Å². The normalized spacial score (nSPS) is 21.8. The van der Waals surface area contributed by atoms with E-state index in [-0.39, 0.29) is 16.7 Å². The van der Waals surface area contributed by atoms with Crippen molar-refractivity contribution in [3.63, 3.8) is 0 Å². The van der Waals surface area contributed by atoms with Crippen LogP contribution in [0.2, 0.25) is 0 Å². The fourth-order valence-corrected chi connectivity index (χ4v) is 3.35. The number of hydrogen-bond donors (Lipinski definition) is 0. The van der Waals surface area contributed by atoms with Crippen LogP contribution in [0.25, 0.3) is 6.08 Å². The van der Waals surface area contributed by atoms with Crippen molar-refractivity contribution in [1.82, 2.24) is 4.90 Å². The third kappa shape index (κ3) is 3.74. The number of thiocarbonyl (C=S) groups is 1. The molecule has 1 aromatic rings. The van der Waals surface area contributed by atoms with Crippen LogP contribution >= 0.6 is 12.2 Å². The summed E-state index contributed by atoms with van der Waals surface area (Å²) in [5.41, 5.74) is 0.643. The van der Waals surface area contributed by atoms with Gasteiger partial charge in [-0.15, -0.1) is 0 Å². The van der Waals surface area contributed by atoms with Crippen molar-refractivity contribution in [3.05, 3.63) is 42.0 Å². The second kappa shape index (κ2) is 6.49. The van der Waals surface area contributed by atoms with Crippen LogP contribution in [-0.2, 0) is 4.79 Å². The molecule has 0 bridgehead atoms. The lowest BCUT2D eigenvalue weighted by atomic mass is 9.81. The van der Waals surface area contributed by atoms with Gasteiger partial charge in [0.25, 0.3) is 5.91 Å². The highest BCUT2D eigenvalue weighted by Gasteiger charge is 2.53. The molecule has 2 rings (SSSR count). The van der Waals surface area contributed by atoms with Crippen LogP contribution in [0.1, 0.15) is 54.0 Å². The van der Waals surface area contributed by atoms with Crippen LogP contribution in [0.4, 0.5) is 0 Å². The van der Waals surface area contributed by atoms with E-state index in [4.69, 9.17) is 17.2 Å². The average molecular weight is 357 g/mol. The summed E-state index contributed by atoms with van der Waals surface area (Å²) in [5.74, 6) is -0.130. The molecule has 1 aromatic carbocycles. The summed E-state index contributed by atoms with van der Waals surface area (Å²) in [7, 11) is 0. The first-order chi connectivity index (χ1) is 11.4. The molecule has 4 heteroatoms. The average Bonchev–Trinajstić information content (AvgIpc) is 2.78. The minimum Gasteiger partial charge on any atom is -0.272 e. The molecule has 0 N–H and O–H groups in total. The van der Waals surface area contributed by atoms with Gasteiger partial charge < -0.3 is 0 Å². The molecule has 25 heavy (non-hydrogen) atoms. The smallest absolute Gasteiger partial charge is 0.253 e. The molecule has 0 aromatic heterocycles. The summed E-state index contributed by atoms with van der Waals surface area (Å²) in [6, 6.07) is 9.78. The molecule has 1 aliphatic heterocycles. The number of rotatable bonds is 2. The first-order valence-electron chi connectivity index (χ1n) is 8.60. The Hall–Kier alpha value is -1.81. The summed E-state index contributed by atoms with van der Waals surface area (Å²) >= 11 is 5.68. The molecule has 1 unspecified atom stereocenters. The summed E-state index contributed by atoms with van der Waals surface area (Å²) in [4.78, 5) is 20.2. The molecule has 0 spiro atoms. The fraction of sp³-hybridized carbons (Fsp3) is 0.476. The number of carbonyl (C=O) groups excluding carboxylic acids is 1. The van der Waals surface area contributed by atoms with E-state index in [1.807, 2.05) is 43.3 Å². The SMILES string of the molecule is CC(C)(C)C1=NC(C)(C(C)(C)C)N(C(=O)/C=C/c2ccccc2)C1=S. The van der Waals surface area contributed by atoms with Crippen molar-refractivity contribution < 1.29 is 4.79 Å². The number of aliphatic imine (C=N–C) groups is 1. The molecule has 1 heterocycles. The maximum Gasteiger partial charge on any atom is 0.253 e. The monoisotopic (exact) mass is 356 g/mol. The van der Waals surface area contributed by atoms with E-state index in [0.717, 1.165) is 11.3 Å². The summed E-state index contributed by atoms with van der Waals surface area (Å²) in [5, 5.41) is 0. The zero-order chi connectivity index (χ0) is 19.0. The van der Waals surface area contributed by atoms with Crippen molar-refractivity contribution in [2.24, 2.45) is 15.8 Å². The first kappa shape index (κ1) is 19.5. The maximum absolute atomic E-state index is 13.0. The largest absolute Gasteiger partial charge is 0.272 e. The van der Waals surface area contributed by atoms with Gasteiger partial charge in [-0.3, -0.25) is 14.7 Å². The number of benzene rings is 1. The zero-order valence-electron chi connectivity index (χ0n) is 16.3. The second-order valence-electron chi connectivity index (χ2n) is 8.70. The lowest BCUT2D eigenvalue weighted by Gasteiger charge is -2.42. The molecule has 0 fully saturated rings. The lowest BCUT2D eigenvalue weighted by molar-refractivity contribution is -0.128. The van der Waals surface area contributed by atoms with Gasteiger partial charge in [0, 0.05) is 16.9 Å². The van der Waals surface area contributed by atoms with E-state index in [9.17, 15) is 4.79 Å². The van der Waals surface area contributed by atoms with Crippen molar-refractivity contribution in [2.45, 2.75) is 54.1 Å². The minimum atomic E-state index is -0.704. The van der Waals surface area contributed by atoms with Gasteiger partial charge in [0.1, 0.15) is 10.7 Å². The lowest BCUT2D eigenvalue weighted by Crippen LogP contribution is -2.54. The highest BCUT2D eigenvalue weighted by Crippen LogP contribution is 2.43. The molecule has 1 atom stereocenters. The van der Waals surface area contributed by atoms with Crippen molar-refractivity contribution in [3.8, 4) is 0 Å². The second-order valence-corrected chi connectivity index (χ2v) is 9.09. The Balaban J connectivity index is 2.43. The van der Waals surface area contributed by atoms with Crippen molar-refractivity contribution >= 4 is 34.9 Å². The van der Waals surface area contributed by atoms with E-state index in [0.29, 0.717) is 4.99 Å². The Labute approximate surface area is 156 Å². The van der Waals surface area contributed by atoms with Crippen molar-refractivity contribution in [2.75, 3.05) is 0 Å². The van der Waals surface area contributed by atoms with E-state index >= 15 is 0 Å². The molecule has 1 amide bonds. The molecular formula is C21H28N2OS. The van der Waals surface area contributed by atoms with Crippen LogP contribution in [0.5, 0.6) is 0 Å². The number of amides is 1. The van der Waals surface area contributed by atoms with Crippen molar-refractivity contribution in [1.29, 1.82) is 0 Å². The van der Waals surface area contributed by atoms with E-state index in [1.54, 1.807) is 11.0 Å². The summed E-state index contributed by atoms with van der Waals surface area (Å²) < 4.78 is 0. The predicted octanol–water partition coefficient (Wildman–Crippen LogP) is 5.12. The van der Waals surface area contributed by atoms with Gasteiger partial charge in [-0.2, -0.15) is 0 Å². The molecule has 134 valence electrons. The minimum absolute atomic E-state index is 0.130. The number of nitrogens with zero attached hydrogens (tertiary/aromatic N) is 2. The number of hydrogen-bond acceptors (Lipinski definition) is 3. The zero-order valence-corrected chi connectivity index (χ0v) is 17.1. The molecule has 0 saturated heterocycles. The highest BCUT2D eigenvalue weighted by molar-refractivity contribution is 7.82. The van der Waals surface area contributed by atoms with Gasteiger partial charge in [-0.05, 0) is 18.6 Å². The molecule has 1 aliphatic rings. The van der Waals surface area contributed by atoms with Gasteiger partial charge in [-0.25, -0.2) is 0 Å². The maximum atomic E-state index is 13.0. The number of carbonyl (C=O) groups is 1. The molecule has 0 aliphatic carbocycles. The van der Waals surface area contributed by atoms with Crippen LogP contribution in [0.15, 0.2) is 41.4 Å². The van der Waals surface area contributed by atoms with Crippen LogP contribution in [0.3, 0.4) is 0 Å². The molecule has 3 nitrogen and oxygen atoms in total. The Morgan fingerprint density at radius 2 is 1.68 bits per heavy atom. The third-order valence-electron chi connectivity index (χ3n) is 4.74. The Kier molecular flexibility index (Phi) is 5.06. The Morgan fingerprint density at radius 3 is 2.16 bits per heavy atom. The van der Waals surface area contributed by atoms with Crippen LogP contribution < -0.4 is 0 Å². The van der Waals surface area contributed by atoms with Crippen LogP contribution in [-0.4, -0.2) is 27.2 Å². The van der Waals surface area contributed by atoms with E-state index in [2.05, 4.69) is 41.5 Å². The first-order valence-corrected chi connectivity index (χ1v) is 9.01. The molecular weight excluding hydrogens is 328 g/mol. The van der Waals surface area contributed by atoms with Gasteiger partial charge >= 0.3 is 0 Å². The molecule has 0 radical (unpaired) electrons. The Bertz CT molecular complexity index is 735. The van der Waals surface area contributed by atoms with Gasteiger partial charge in [0.2, 0.25) is 0 Å².